The SMILES string of the molecule is Cc1cc(C)cc(COC(=O)N2CCCn3nc(C(=O)N4CCN(CCO)CC4)cc3C2)c1.Cc1cc(COC(=O)N2CCCn3nc(C(=O)O)cc3C2)cc(C(F)(F)F)c1. The Balaban J connectivity index is 0.000000207. The molecule has 7 rings (SSSR count). The lowest BCUT2D eigenvalue weighted by molar-refractivity contribution is -0.137. The van der Waals surface area contributed by atoms with Gasteiger partial charge in [-0.1, -0.05) is 41.0 Å². The molecule has 19 heteroatoms. The van der Waals surface area contributed by atoms with Crippen LogP contribution >= 0.6 is 0 Å². The second kappa shape index (κ2) is 19.6. The number of alkyl halides is 3. The standard InChI is InChI=1S/C24H33N5O4.C18H18F3N3O4/c1-18-12-19(2)14-20(13-18)17-33-24(32)28-4-3-5-29-21(16-28)15-22(25-29)23(31)27-8-6-26(7-9-27)10-11-30;1-11-5-12(7-13(6-11)18(19,20)21)10-28-17(27)23-3-2-4-24-14(9-23)8-15(22-24)16(25)26/h12-15,30H,3-11,16-17H2,1-2H3;5-8H,2-4,9-10H2,1H3,(H,25,26). The van der Waals surface area contributed by atoms with Gasteiger partial charge in [0.25, 0.3) is 5.91 Å². The maximum atomic E-state index is 13.0. The summed E-state index contributed by atoms with van der Waals surface area (Å²) in [7, 11) is 0. The van der Waals surface area contributed by atoms with Crippen molar-refractivity contribution in [3.8, 4) is 0 Å². The van der Waals surface area contributed by atoms with Crippen LogP contribution in [0.3, 0.4) is 0 Å². The number of nitrogens with zero attached hydrogens (tertiary/aromatic N) is 8. The van der Waals surface area contributed by atoms with Crippen LogP contribution in [-0.4, -0.2) is 126 Å². The summed E-state index contributed by atoms with van der Waals surface area (Å²) >= 11 is 0. The van der Waals surface area contributed by atoms with Crippen LogP contribution in [0.25, 0.3) is 0 Å². The number of carbonyl (C=O) groups excluding carboxylic acids is 3. The molecule has 0 atom stereocenters. The van der Waals surface area contributed by atoms with E-state index in [4.69, 9.17) is 19.7 Å². The number of aliphatic hydroxyl groups is 1. The van der Waals surface area contributed by atoms with E-state index < -0.39 is 23.8 Å². The van der Waals surface area contributed by atoms with E-state index in [2.05, 4.69) is 21.2 Å². The van der Waals surface area contributed by atoms with Crippen molar-refractivity contribution in [1.82, 2.24) is 39.2 Å². The number of benzene rings is 2. The highest BCUT2D eigenvalue weighted by Crippen LogP contribution is 2.31. The molecule has 1 fully saturated rings. The first-order valence-corrected chi connectivity index (χ1v) is 20.1. The number of aromatic nitrogens is 4. The van der Waals surface area contributed by atoms with Gasteiger partial charge in [-0.05, 0) is 69.0 Å². The zero-order valence-electron chi connectivity index (χ0n) is 34.5. The molecule has 2 N–H and O–H groups in total. The predicted octanol–water partition coefficient (Wildman–Crippen LogP) is 5.24. The minimum absolute atomic E-state index is 0.0804. The number of aromatic carboxylic acids is 1. The van der Waals surface area contributed by atoms with Crippen LogP contribution in [0.4, 0.5) is 22.8 Å². The quantitative estimate of drug-likeness (QED) is 0.237. The van der Waals surface area contributed by atoms with Gasteiger partial charge in [-0.2, -0.15) is 23.4 Å². The molecule has 0 radical (unpaired) electrons. The van der Waals surface area contributed by atoms with Crippen molar-refractivity contribution in [3.05, 3.63) is 105 Å². The van der Waals surface area contributed by atoms with Crippen molar-refractivity contribution in [1.29, 1.82) is 0 Å². The molecule has 1 saturated heterocycles. The number of rotatable bonds is 8. The Morgan fingerprint density at radius 1 is 0.639 bits per heavy atom. The summed E-state index contributed by atoms with van der Waals surface area (Å²) in [5.74, 6) is -1.24. The van der Waals surface area contributed by atoms with Gasteiger partial charge in [0.15, 0.2) is 11.4 Å². The molecule has 3 aliphatic heterocycles. The number of hydrogen-bond acceptors (Lipinski definition) is 10. The van der Waals surface area contributed by atoms with Gasteiger partial charge in [0.05, 0.1) is 36.6 Å². The van der Waals surface area contributed by atoms with Crippen LogP contribution in [0, 0.1) is 20.8 Å². The van der Waals surface area contributed by atoms with Crippen LogP contribution in [-0.2, 0) is 55.0 Å². The number of ether oxygens (including phenoxy) is 2. The number of fused-ring (bicyclic) bond motifs is 2. The second-order valence-electron chi connectivity index (χ2n) is 15.5. The zero-order valence-corrected chi connectivity index (χ0v) is 34.5. The van der Waals surface area contributed by atoms with Crippen LogP contribution in [0.5, 0.6) is 0 Å². The average molecular weight is 853 g/mol. The number of carboxylic acid groups (broad SMARTS) is 1. The average Bonchev–Trinajstić information content (AvgIpc) is 3.68. The zero-order chi connectivity index (χ0) is 43.8. The van der Waals surface area contributed by atoms with Gasteiger partial charge in [-0.25, -0.2) is 14.4 Å². The number of amides is 3. The molecule has 0 spiro atoms. The Morgan fingerprint density at radius 3 is 1.64 bits per heavy atom. The van der Waals surface area contributed by atoms with Gasteiger partial charge in [0, 0.05) is 58.9 Å². The summed E-state index contributed by atoms with van der Waals surface area (Å²) in [6.07, 6.45) is -4.21. The van der Waals surface area contributed by atoms with E-state index in [1.807, 2.05) is 35.6 Å². The normalized spacial score (nSPS) is 15.8. The molecule has 3 amide bonds. The lowest BCUT2D eigenvalue weighted by Gasteiger charge is -2.33. The summed E-state index contributed by atoms with van der Waals surface area (Å²) < 4.78 is 52.9. The smallest absolute Gasteiger partial charge is 0.416 e. The first-order valence-electron chi connectivity index (χ1n) is 20.1. The number of β-amino-alcohol motifs (C(OH)–C–C–N with tert-alkyl or cyclic N) is 1. The van der Waals surface area contributed by atoms with Gasteiger partial charge in [0.2, 0.25) is 0 Å². The molecule has 0 saturated carbocycles. The summed E-state index contributed by atoms with van der Waals surface area (Å²) in [6, 6.07) is 12.9. The largest absolute Gasteiger partial charge is 0.476 e. The lowest BCUT2D eigenvalue weighted by Crippen LogP contribution is -2.49. The van der Waals surface area contributed by atoms with E-state index in [1.165, 1.54) is 28.6 Å². The van der Waals surface area contributed by atoms with Crippen LogP contribution < -0.4 is 0 Å². The van der Waals surface area contributed by atoms with E-state index in [0.29, 0.717) is 75.7 Å². The van der Waals surface area contributed by atoms with Crippen LogP contribution in [0.2, 0.25) is 0 Å². The van der Waals surface area contributed by atoms with Crippen molar-refractivity contribution >= 4 is 24.1 Å². The molecule has 2 aromatic heterocycles. The predicted molar refractivity (Wildman–Crippen MR) is 213 cm³/mol. The Kier molecular flexibility index (Phi) is 14.3. The molecule has 0 unspecified atom stereocenters. The van der Waals surface area contributed by atoms with Crippen molar-refractivity contribution in [2.75, 3.05) is 52.4 Å². The summed E-state index contributed by atoms with van der Waals surface area (Å²) in [4.78, 5) is 56.2. The first-order chi connectivity index (χ1) is 29.1. The van der Waals surface area contributed by atoms with Crippen LogP contribution in [0.15, 0.2) is 48.5 Å². The summed E-state index contributed by atoms with van der Waals surface area (Å²) in [6.45, 7) is 11.6. The molecule has 2 aromatic carbocycles. The number of carbonyl (C=O) groups is 4. The number of aliphatic hydroxyl groups excluding tert-OH is 1. The van der Waals surface area contributed by atoms with Gasteiger partial charge >= 0.3 is 24.3 Å². The summed E-state index contributed by atoms with van der Waals surface area (Å²) in [5, 5.41) is 26.6. The molecule has 328 valence electrons. The highest BCUT2D eigenvalue weighted by atomic mass is 19.4. The van der Waals surface area contributed by atoms with Crippen molar-refractivity contribution in [3.63, 3.8) is 0 Å². The molecule has 16 nitrogen and oxygen atoms in total. The maximum absolute atomic E-state index is 13.0. The Bertz CT molecular complexity index is 2200. The second-order valence-corrected chi connectivity index (χ2v) is 15.5. The van der Waals surface area contributed by atoms with Crippen molar-refractivity contribution in [2.24, 2.45) is 0 Å². The molecular formula is C42H51F3N8O8. The maximum Gasteiger partial charge on any atom is 0.416 e. The number of hydrogen-bond donors (Lipinski definition) is 2. The van der Waals surface area contributed by atoms with E-state index in [1.54, 1.807) is 11.0 Å². The minimum atomic E-state index is -4.48. The van der Waals surface area contributed by atoms with Gasteiger partial charge in [-0.3, -0.25) is 19.1 Å². The number of piperazine rings is 1. The van der Waals surface area contributed by atoms with E-state index in [0.717, 1.165) is 54.0 Å². The molecular weight excluding hydrogens is 802 g/mol. The van der Waals surface area contributed by atoms with Gasteiger partial charge < -0.3 is 34.4 Å². The third-order valence-corrected chi connectivity index (χ3v) is 10.5. The van der Waals surface area contributed by atoms with Gasteiger partial charge in [0.1, 0.15) is 13.2 Å². The Labute approximate surface area is 351 Å². The molecule has 0 bridgehead atoms. The summed E-state index contributed by atoms with van der Waals surface area (Å²) in [5.41, 5.74) is 4.86. The highest BCUT2D eigenvalue weighted by molar-refractivity contribution is 5.92. The number of carboxylic acids is 1. The van der Waals surface area contributed by atoms with Gasteiger partial charge in [-0.15, -0.1) is 0 Å². The van der Waals surface area contributed by atoms with E-state index in [-0.39, 0.29) is 49.6 Å². The fourth-order valence-corrected chi connectivity index (χ4v) is 7.66. The monoisotopic (exact) mass is 852 g/mol. The molecule has 4 aromatic rings. The van der Waals surface area contributed by atoms with E-state index >= 15 is 0 Å². The molecule has 5 heterocycles. The fraction of sp³-hybridized carbons (Fsp3) is 0.476. The molecule has 0 aliphatic carbocycles. The number of aryl methyl sites for hydroxylation is 5. The third kappa shape index (κ3) is 11.9. The topological polar surface area (TPSA) is 176 Å². The lowest BCUT2D eigenvalue weighted by atomic mass is 10.1. The highest BCUT2D eigenvalue weighted by Gasteiger charge is 2.32. The fourth-order valence-electron chi connectivity index (χ4n) is 7.66. The Hall–Kier alpha value is -5.95. The third-order valence-electron chi connectivity index (χ3n) is 10.5. The first kappa shape index (κ1) is 44.6. The minimum Gasteiger partial charge on any atom is -0.476 e. The Morgan fingerprint density at radius 2 is 1.13 bits per heavy atom. The van der Waals surface area contributed by atoms with Crippen LogP contribution in [0.1, 0.15) is 78.6 Å². The number of halogens is 3. The van der Waals surface area contributed by atoms with Crippen molar-refractivity contribution < 1.29 is 52.0 Å². The van der Waals surface area contributed by atoms with E-state index in [9.17, 15) is 32.3 Å². The molecule has 3 aliphatic rings. The van der Waals surface area contributed by atoms with Crippen molar-refractivity contribution in [2.45, 2.75) is 79.2 Å². The molecule has 61 heavy (non-hydrogen) atoms.